The van der Waals surface area contributed by atoms with E-state index in [9.17, 15) is 14.4 Å². The van der Waals surface area contributed by atoms with E-state index in [1.807, 2.05) is 0 Å². The van der Waals surface area contributed by atoms with Gasteiger partial charge in [0.25, 0.3) is 0 Å². The molecular weight excluding hydrogens is 330 g/mol. The van der Waals surface area contributed by atoms with E-state index in [0.29, 0.717) is 0 Å². The SMILES string of the molecule is CC(=O)OC[C@H]1O[C@@H](S)[C@H](OC(C)=O)[C@@H](N=[N+]=[N-])[C@H]1OC(C)=O. The fourth-order valence-corrected chi connectivity index (χ4v) is 2.48. The summed E-state index contributed by atoms with van der Waals surface area (Å²) < 4.78 is 20.5. The molecule has 1 heterocycles. The maximum Gasteiger partial charge on any atom is 0.303 e. The molecule has 10 nitrogen and oxygen atoms in total. The molecule has 0 amide bonds. The zero-order chi connectivity index (χ0) is 17.6. The first-order chi connectivity index (χ1) is 10.8. The van der Waals surface area contributed by atoms with Crippen LogP contribution >= 0.6 is 12.6 Å². The largest absolute Gasteiger partial charge is 0.463 e. The summed E-state index contributed by atoms with van der Waals surface area (Å²) in [6, 6.07) is -1.08. The smallest absolute Gasteiger partial charge is 0.303 e. The normalized spacial score (nSPS) is 29.8. The van der Waals surface area contributed by atoms with Crippen molar-refractivity contribution in [3.8, 4) is 0 Å². The van der Waals surface area contributed by atoms with Gasteiger partial charge in [-0.25, -0.2) is 0 Å². The second kappa shape index (κ2) is 8.61. The summed E-state index contributed by atoms with van der Waals surface area (Å²) in [6.07, 6.45) is -3.09. The van der Waals surface area contributed by atoms with E-state index in [-0.39, 0.29) is 6.61 Å². The Labute approximate surface area is 137 Å². The predicted molar refractivity (Wildman–Crippen MR) is 78.3 cm³/mol. The minimum Gasteiger partial charge on any atom is -0.463 e. The Morgan fingerprint density at radius 1 is 1.13 bits per heavy atom. The Hall–Kier alpha value is -1.97. The van der Waals surface area contributed by atoms with Crippen molar-refractivity contribution in [3.05, 3.63) is 10.4 Å². The van der Waals surface area contributed by atoms with E-state index >= 15 is 0 Å². The van der Waals surface area contributed by atoms with Crippen LogP contribution in [0.3, 0.4) is 0 Å². The maximum atomic E-state index is 11.3. The van der Waals surface area contributed by atoms with Gasteiger partial charge in [-0.05, 0) is 5.53 Å². The van der Waals surface area contributed by atoms with Crippen LogP contribution in [0, 0.1) is 0 Å². The molecule has 0 saturated carbocycles. The van der Waals surface area contributed by atoms with Crippen molar-refractivity contribution in [2.24, 2.45) is 5.11 Å². The number of nitrogens with zero attached hydrogens (tertiary/aromatic N) is 3. The highest BCUT2D eigenvalue weighted by atomic mass is 32.1. The molecule has 11 heteroatoms. The highest BCUT2D eigenvalue weighted by molar-refractivity contribution is 7.80. The molecule has 0 spiro atoms. The van der Waals surface area contributed by atoms with Gasteiger partial charge in [0.05, 0.1) is 0 Å². The van der Waals surface area contributed by atoms with Crippen LogP contribution in [0.15, 0.2) is 5.11 Å². The first-order valence-electron chi connectivity index (χ1n) is 6.61. The van der Waals surface area contributed by atoms with Crippen LogP contribution in [0.1, 0.15) is 20.8 Å². The number of ether oxygens (including phenoxy) is 4. The number of carbonyl (C=O) groups excluding carboxylic acids is 3. The van der Waals surface area contributed by atoms with Gasteiger partial charge in [-0.3, -0.25) is 14.4 Å². The molecule has 128 valence electrons. The van der Waals surface area contributed by atoms with E-state index in [1.54, 1.807) is 0 Å². The van der Waals surface area contributed by atoms with Crippen LogP contribution in [-0.2, 0) is 33.3 Å². The Morgan fingerprint density at radius 2 is 1.70 bits per heavy atom. The lowest BCUT2D eigenvalue weighted by Gasteiger charge is -2.42. The van der Waals surface area contributed by atoms with E-state index in [1.165, 1.54) is 13.8 Å². The quantitative estimate of drug-likeness (QED) is 0.193. The summed E-state index contributed by atoms with van der Waals surface area (Å²) in [5.41, 5.74) is 7.78. The van der Waals surface area contributed by atoms with Gasteiger partial charge in [0, 0.05) is 25.7 Å². The van der Waals surface area contributed by atoms with Gasteiger partial charge < -0.3 is 18.9 Å². The number of carbonyl (C=O) groups is 3. The first-order valence-corrected chi connectivity index (χ1v) is 7.13. The molecule has 1 rings (SSSR count). The third-order valence-corrected chi connectivity index (χ3v) is 3.29. The molecule has 0 bridgehead atoms. The molecule has 1 aliphatic rings. The van der Waals surface area contributed by atoms with Crippen LogP contribution in [-0.4, -0.2) is 54.3 Å². The Bertz CT molecular complexity index is 523. The molecule has 0 radical (unpaired) electrons. The van der Waals surface area contributed by atoms with Gasteiger partial charge >= 0.3 is 17.9 Å². The lowest BCUT2D eigenvalue weighted by atomic mass is 9.97. The zero-order valence-electron chi connectivity index (χ0n) is 12.7. The van der Waals surface area contributed by atoms with Crippen molar-refractivity contribution in [1.82, 2.24) is 0 Å². The van der Waals surface area contributed by atoms with E-state index in [0.717, 1.165) is 6.92 Å². The van der Waals surface area contributed by atoms with Crippen LogP contribution in [0.5, 0.6) is 0 Å². The van der Waals surface area contributed by atoms with Crippen molar-refractivity contribution < 1.29 is 33.3 Å². The van der Waals surface area contributed by atoms with Crippen LogP contribution in [0.4, 0.5) is 0 Å². The highest BCUT2D eigenvalue weighted by Gasteiger charge is 2.48. The average molecular weight is 347 g/mol. The number of rotatable bonds is 5. The topological polar surface area (TPSA) is 137 Å². The van der Waals surface area contributed by atoms with Crippen molar-refractivity contribution in [2.45, 2.75) is 50.6 Å². The van der Waals surface area contributed by atoms with Crippen LogP contribution in [0.2, 0.25) is 0 Å². The predicted octanol–water partition coefficient (Wildman–Crippen LogP) is 0.746. The molecule has 0 aromatic carbocycles. The van der Waals surface area contributed by atoms with E-state index in [4.69, 9.17) is 24.5 Å². The fraction of sp³-hybridized carbons (Fsp3) is 0.750. The molecule has 0 aromatic rings. The standard InChI is InChI=1S/C12H17N3O7S/c1-5(16)19-4-8-10(20-6(2)17)9(14-15-13)11(12(23)22-8)21-7(3)18/h8-12,23H,4H2,1-3H3/t8-,9+,10+,11-,12+/m1/s1. The monoisotopic (exact) mass is 347 g/mol. The molecule has 23 heavy (non-hydrogen) atoms. The summed E-state index contributed by atoms with van der Waals surface area (Å²) in [4.78, 5) is 36.2. The second-order valence-electron chi connectivity index (χ2n) is 4.71. The van der Waals surface area contributed by atoms with Gasteiger partial charge in [0.1, 0.15) is 36.4 Å². The number of hydrogen-bond donors (Lipinski definition) is 1. The third kappa shape index (κ3) is 5.62. The fourth-order valence-electron chi connectivity index (χ4n) is 2.09. The second-order valence-corrected chi connectivity index (χ2v) is 5.22. The van der Waals surface area contributed by atoms with Gasteiger partial charge in [0.15, 0.2) is 0 Å². The molecule has 5 atom stereocenters. The molecule has 0 aromatic heterocycles. The van der Waals surface area contributed by atoms with Crippen molar-refractivity contribution >= 4 is 30.5 Å². The van der Waals surface area contributed by atoms with Gasteiger partial charge in [0.2, 0.25) is 0 Å². The van der Waals surface area contributed by atoms with Crippen molar-refractivity contribution in [1.29, 1.82) is 0 Å². The molecule has 0 unspecified atom stereocenters. The Morgan fingerprint density at radius 3 is 2.17 bits per heavy atom. The minimum atomic E-state index is -1.10. The molecule has 0 N–H and O–H groups in total. The molecule has 0 aliphatic carbocycles. The molecular formula is C12H17N3O7S. The lowest BCUT2D eigenvalue weighted by molar-refractivity contribution is -0.200. The maximum absolute atomic E-state index is 11.3. The van der Waals surface area contributed by atoms with Gasteiger partial charge in [-0.2, -0.15) is 0 Å². The summed E-state index contributed by atoms with van der Waals surface area (Å²) in [7, 11) is 0. The van der Waals surface area contributed by atoms with E-state index in [2.05, 4.69) is 22.7 Å². The highest BCUT2D eigenvalue weighted by Crippen LogP contribution is 2.30. The molecule has 1 saturated heterocycles. The number of azide groups is 1. The summed E-state index contributed by atoms with van der Waals surface area (Å²) in [5.74, 6) is -1.87. The zero-order valence-corrected chi connectivity index (χ0v) is 13.6. The molecule has 1 fully saturated rings. The minimum absolute atomic E-state index is 0.241. The summed E-state index contributed by atoms with van der Waals surface area (Å²) in [5, 5.41) is 3.54. The Balaban J connectivity index is 3.09. The van der Waals surface area contributed by atoms with Gasteiger partial charge in [-0.1, -0.05) is 5.11 Å². The van der Waals surface area contributed by atoms with Crippen molar-refractivity contribution in [2.75, 3.05) is 6.61 Å². The Kier molecular flexibility index (Phi) is 7.14. The first kappa shape index (κ1) is 19.1. The number of thiol groups is 1. The number of hydrogen-bond acceptors (Lipinski definition) is 9. The number of esters is 3. The molecule has 1 aliphatic heterocycles. The summed E-state index contributed by atoms with van der Waals surface area (Å²) >= 11 is 4.15. The van der Waals surface area contributed by atoms with Gasteiger partial charge in [-0.15, -0.1) is 12.6 Å². The lowest BCUT2D eigenvalue weighted by Crippen LogP contribution is -2.59. The van der Waals surface area contributed by atoms with Crippen LogP contribution in [0.25, 0.3) is 10.4 Å². The van der Waals surface area contributed by atoms with Crippen molar-refractivity contribution in [3.63, 3.8) is 0 Å². The summed E-state index contributed by atoms with van der Waals surface area (Å²) in [6.45, 7) is 3.28. The van der Waals surface area contributed by atoms with E-state index < -0.39 is 47.7 Å². The average Bonchev–Trinajstić information content (AvgIpc) is 2.43. The van der Waals surface area contributed by atoms with Crippen LogP contribution < -0.4 is 0 Å². The third-order valence-electron chi connectivity index (χ3n) is 2.87.